The molecule has 0 unspecified atom stereocenters. The first-order valence-corrected chi connectivity index (χ1v) is 5.31. The summed E-state index contributed by atoms with van der Waals surface area (Å²) in [4.78, 5) is 15.1. The minimum atomic E-state index is -0.897. The van der Waals surface area contributed by atoms with Gasteiger partial charge < -0.3 is 5.11 Å². The van der Waals surface area contributed by atoms with Gasteiger partial charge in [-0.1, -0.05) is 0 Å². The Hall–Kier alpha value is -1.62. The molecule has 2 aromatic rings. The molecule has 5 heteroatoms. The lowest BCUT2D eigenvalue weighted by Gasteiger charge is -2.03. The Balaban J connectivity index is 2.63. The fourth-order valence-electron chi connectivity index (χ4n) is 1.60. The highest BCUT2D eigenvalue weighted by atomic mass is 32.1. The number of carboxylic acid groups (broad SMARTS) is 1. The van der Waals surface area contributed by atoms with Gasteiger partial charge in [0.25, 0.3) is 0 Å². The van der Waals surface area contributed by atoms with Gasteiger partial charge in [0.1, 0.15) is 0 Å². The average molecular weight is 222 g/mol. The molecule has 2 rings (SSSR count). The molecule has 4 nitrogen and oxygen atoms in total. The van der Waals surface area contributed by atoms with Gasteiger partial charge in [-0.2, -0.15) is 0 Å². The predicted molar refractivity (Wildman–Crippen MR) is 57.9 cm³/mol. The largest absolute Gasteiger partial charge is 0.478 e. The van der Waals surface area contributed by atoms with Crippen molar-refractivity contribution in [2.75, 3.05) is 0 Å². The summed E-state index contributed by atoms with van der Waals surface area (Å²) in [6, 6.07) is 1.67. The Bertz CT molecular complexity index is 500. The predicted octanol–water partition coefficient (Wildman–Crippen LogP) is 2.25. The quantitative estimate of drug-likeness (QED) is 0.847. The zero-order chi connectivity index (χ0) is 11.0. The Labute approximate surface area is 90.8 Å². The van der Waals surface area contributed by atoms with Gasteiger partial charge in [0.05, 0.1) is 5.56 Å². The third kappa shape index (κ3) is 1.55. The summed E-state index contributed by atoms with van der Waals surface area (Å²) >= 11 is 1.49. The number of aromatic carboxylic acids is 1. The van der Waals surface area contributed by atoms with Crippen LogP contribution in [0.2, 0.25) is 0 Å². The van der Waals surface area contributed by atoms with Gasteiger partial charge in [0.2, 0.25) is 0 Å². The first-order valence-electron chi connectivity index (χ1n) is 4.43. The van der Waals surface area contributed by atoms with Crippen LogP contribution < -0.4 is 0 Å². The normalized spacial score (nSPS) is 10.5. The SMILES string of the molecule is Cc1cc(C(=O)O)c(C)n1-c1nccs1. The number of hydrogen-bond donors (Lipinski definition) is 1. The molecule has 0 atom stereocenters. The molecule has 0 saturated carbocycles. The van der Waals surface area contributed by atoms with Gasteiger partial charge in [-0.15, -0.1) is 11.3 Å². The van der Waals surface area contributed by atoms with E-state index in [1.165, 1.54) is 11.3 Å². The van der Waals surface area contributed by atoms with Crippen LogP contribution in [0.15, 0.2) is 17.6 Å². The number of carboxylic acids is 1. The van der Waals surface area contributed by atoms with E-state index in [-0.39, 0.29) is 0 Å². The van der Waals surface area contributed by atoms with E-state index in [1.54, 1.807) is 19.2 Å². The number of aryl methyl sites for hydroxylation is 1. The van der Waals surface area contributed by atoms with E-state index in [9.17, 15) is 4.79 Å². The molecule has 0 aliphatic carbocycles. The fourth-order valence-corrected chi connectivity index (χ4v) is 2.35. The highest BCUT2D eigenvalue weighted by molar-refractivity contribution is 7.12. The standard InChI is InChI=1S/C10H10N2O2S/c1-6-5-8(9(13)14)7(2)12(6)10-11-3-4-15-10/h3-5H,1-2H3,(H,13,14). The van der Waals surface area contributed by atoms with Crippen LogP contribution in [0.4, 0.5) is 0 Å². The fraction of sp³-hybridized carbons (Fsp3) is 0.200. The maximum absolute atomic E-state index is 10.9. The molecule has 0 bridgehead atoms. The Morgan fingerprint density at radius 1 is 1.53 bits per heavy atom. The number of carbonyl (C=O) groups is 1. The van der Waals surface area contributed by atoms with Crippen molar-refractivity contribution in [2.45, 2.75) is 13.8 Å². The van der Waals surface area contributed by atoms with E-state index < -0.39 is 5.97 Å². The molecule has 15 heavy (non-hydrogen) atoms. The Kier molecular flexibility index (Phi) is 2.32. The summed E-state index contributed by atoms with van der Waals surface area (Å²) < 4.78 is 1.86. The number of aromatic nitrogens is 2. The zero-order valence-corrected chi connectivity index (χ0v) is 9.21. The molecule has 0 fully saturated rings. The second-order valence-electron chi connectivity index (χ2n) is 3.24. The number of thiazole rings is 1. The van der Waals surface area contributed by atoms with Gasteiger partial charge in [-0.05, 0) is 19.9 Å². The molecule has 0 aromatic carbocycles. The molecule has 0 spiro atoms. The first-order chi connectivity index (χ1) is 7.11. The van der Waals surface area contributed by atoms with Gasteiger partial charge in [-0.3, -0.25) is 4.57 Å². The Morgan fingerprint density at radius 3 is 2.73 bits per heavy atom. The summed E-state index contributed by atoms with van der Waals surface area (Å²) in [6.45, 7) is 3.67. The molecule has 1 N–H and O–H groups in total. The van der Waals surface area contributed by atoms with Crippen LogP contribution in [-0.4, -0.2) is 20.6 Å². The zero-order valence-electron chi connectivity index (χ0n) is 8.39. The van der Waals surface area contributed by atoms with E-state index >= 15 is 0 Å². The Morgan fingerprint density at radius 2 is 2.27 bits per heavy atom. The highest BCUT2D eigenvalue weighted by Crippen LogP contribution is 2.21. The maximum atomic E-state index is 10.9. The molecular formula is C10H10N2O2S. The second kappa shape index (κ2) is 3.51. The van der Waals surface area contributed by atoms with Crippen LogP contribution in [0, 0.1) is 13.8 Å². The molecule has 0 aliphatic rings. The van der Waals surface area contributed by atoms with Gasteiger partial charge in [0, 0.05) is 23.0 Å². The van der Waals surface area contributed by atoms with Crippen LogP contribution in [0.1, 0.15) is 21.7 Å². The van der Waals surface area contributed by atoms with E-state index in [1.807, 2.05) is 16.9 Å². The van der Waals surface area contributed by atoms with E-state index in [4.69, 9.17) is 5.11 Å². The summed E-state index contributed by atoms with van der Waals surface area (Å²) in [5, 5.41) is 11.6. The second-order valence-corrected chi connectivity index (χ2v) is 4.11. The van der Waals surface area contributed by atoms with Crippen molar-refractivity contribution in [3.8, 4) is 5.13 Å². The summed E-state index contributed by atoms with van der Waals surface area (Å²) in [5.41, 5.74) is 1.94. The topological polar surface area (TPSA) is 55.1 Å². The van der Waals surface area contributed by atoms with Crippen LogP contribution in [0.3, 0.4) is 0 Å². The maximum Gasteiger partial charge on any atom is 0.337 e. The van der Waals surface area contributed by atoms with Crippen molar-refractivity contribution in [1.82, 2.24) is 9.55 Å². The number of rotatable bonds is 2. The average Bonchev–Trinajstić information content (AvgIpc) is 2.73. The molecule has 0 aliphatic heterocycles. The van der Waals surface area contributed by atoms with Gasteiger partial charge in [0.15, 0.2) is 5.13 Å². The molecule has 78 valence electrons. The molecule has 0 radical (unpaired) electrons. The molecule has 2 heterocycles. The third-order valence-electron chi connectivity index (χ3n) is 2.27. The number of hydrogen-bond acceptors (Lipinski definition) is 3. The first kappa shape index (κ1) is 9.92. The van der Waals surface area contributed by atoms with Crippen LogP contribution in [0.5, 0.6) is 0 Å². The summed E-state index contributed by atoms with van der Waals surface area (Å²) in [7, 11) is 0. The van der Waals surface area contributed by atoms with Gasteiger partial charge in [-0.25, -0.2) is 9.78 Å². The van der Waals surface area contributed by atoms with Crippen molar-refractivity contribution >= 4 is 17.3 Å². The summed E-state index contributed by atoms with van der Waals surface area (Å²) in [5.74, 6) is -0.897. The van der Waals surface area contributed by atoms with Gasteiger partial charge >= 0.3 is 5.97 Å². The van der Waals surface area contributed by atoms with Crippen molar-refractivity contribution in [1.29, 1.82) is 0 Å². The molecular weight excluding hydrogens is 212 g/mol. The lowest BCUT2D eigenvalue weighted by molar-refractivity contribution is 0.0696. The van der Waals surface area contributed by atoms with E-state index in [0.29, 0.717) is 5.56 Å². The lowest BCUT2D eigenvalue weighted by atomic mass is 10.2. The molecule has 2 aromatic heterocycles. The highest BCUT2D eigenvalue weighted by Gasteiger charge is 2.16. The van der Waals surface area contributed by atoms with Crippen LogP contribution in [-0.2, 0) is 0 Å². The van der Waals surface area contributed by atoms with Crippen LogP contribution in [0.25, 0.3) is 5.13 Å². The lowest BCUT2D eigenvalue weighted by Crippen LogP contribution is -2.01. The van der Waals surface area contributed by atoms with Crippen LogP contribution >= 0.6 is 11.3 Å². The minimum Gasteiger partial charge on any atom is -0.478 e. The van der Waals surface area contributed by atoms with E-state index in [0.717, 1.165) is 16.5 Å². The monoisotopic (exact) mass is 222 g/mol. The molecule has 0 amide bonds. The smallest absolute Gasteiger partial charge is 0.337 e. The minimum absolute atomic E-state index is 0.336. The van der Waals surface area contributed by atoms with Crippen molar-refractivity contribution < 1.29 is 9.90 Å². The van der Waals surface area contributed by atoms with Crippen molar-refractivity contribution in [3.63, 3.8) is 0 Å². The van der Waals surface area contributed by atoms with E-state index in [2.05, 4.69) is 4.98 Å². The van der Waals surface area contributed by atoms with Crippen molar-refractivity contribution in [2.24, 2.45) is 0 Å². The summed E-state index contributed by atoms with van der Waals surface area (Å²) in [6.07, 6.45) is 1.71. The third-order valence-corrected chi connectivity index (χ3v) is 3.03. The van der Waals surface area contributed by atoms with Crippen molar-refractivity contribution in [3.05, 3.63) is 34.6 Å². The molecule has 0 saturated heterocycles. The number of nitrogens with zero attached hydrogens (tertiary/aromatic N) is 2.